The smallest absolute Gasteiger partial charge is 0.220 e. The first-order valence-corrected chi connectivity index (χ1v) is 9.59. The molecule has 0 aliphatic carbocycles. The second-order valence-electron chi connectivity index (χ2n) is 7.48. The van der Waals surface area contributed by atoms with Crippen LogP contribution in [0.5, 0.6) is 0 Å². The SMILES string of the molecule is CC(=O)N(C)C[C@H]1[C@@H](c2ccc(-c3ccc(C#N)cc3)cc2)[C@@H](CO)N1C(C)=O. The van der Waals surface area contributed by atoms with Gasteiger partial charge in [-0.2, -0.15) is 5.26 Å². The van der Waals surface area contributed by atoms with Gasteiger partial charge in [-0.1, -0.05) is 36.4 Å². The molecular formula is C23H25N3O3. The van der Waals surface area contributed by atoms with Crippen LogP contribution in [0.15, 0.2) is 48.5 Å². The minimum absolute atomic E-state index is 0.0410. The molecule has 1 N–H and O–H groups in total. The van der Waals surface area contributed by atoms with Crippen molar-refractivity contribution in [2.75, 3.05) is 20.2 Å². The van der Waals surface area contributed by atoms with Crippen LogP contribution >= 0.6 is 0 Å². The van der Waals surface area contributed by atoms with Crippen molar-refractivity contribution in [1.29, 1.82) is 5.26 Å². The fourth-order valence-corrected chi connectivity index (χ4v) is 4.11. The van der Waals surface area contributed by atoms with E-state index in [1.807, 2.05) is 36.4 Å². The molecule has 0 spiro atoms. The predicted octanol–water partition coefficient (Wildman–Crippen LogP) is 2.38. The molecule has 1 fully saturated rings. The molecule has 0 aromatic heterocycles. The lowest BCUT2D eigenvalue weighted by atomic mass is 9.74. The lowest BCUT2D eigenvalue weighted by Crippen LogP contribution is -2.68. The molecule has 150 valence electrons. The number of nitriles is 1. The topological polar surface area (TPSA) is 84.6 Å². The first kappa shape index (κ1) is 20.6. The van der Waals surface area contributed by atoms with Crippen LogP contribution in [0.1, 0.15) is 30.9 Å². The van der Waals surface area contributed by atoms with E-state index in [0.717, 1.165) is 16.7 Å². The number of likely N-dealkylation sites (tertiary alicyclic amines) is 1. The minimum atomic E-state index is -0.293. The number of hydrogen-bond acceptors (Lipinski definition) is 4. The predicted molar refractivity (Wildman–Crippen MR) is 110 cm³/mol. The van der Waals surface area contributed by atoms with Gasteiger partial charge < -0.3 is 14.9 Å². The molecule has 0 bridgehead atoms. The van der Waals surface area contributed by atoms with Gasteiger partial charge in [-0.15, -0.1) is 0 Å². The van der Waals surface area contributed by atoms with E-state index in [1.54, 1.807) is 29.0 Å². The van der Waals surface area contributed by atoms with Crippen LogP contribution in [-0.4, -0.2) is 59.0 Å². The van der Waals surface area contributed by atoms with E-state index >= 15 is 0 Å². The number of hydrogen-bond donors (Lipinski definition) is 1. The second kappa shape index (κ2) is 8.46. The van der Waals surface area contributed by atoms with Crippen LogP contribution in [0, 0.1) is 11.3 Å². The Morgan fingerprint density at radius 3 is 2.03 bits per heavy atom. The van der Waals surface area contributed by atoms with Crippen LogP contribution in [0.3, 0.4) is 0 Å². The third kappa shape index (κ3) is 4.01. The number of aliphatic hydroxyl groups is 1. The number of aliphatic hydroxyl groups excluding tert-OH is 1. The van der Waals surface area contributed by atoms with Gasteiger partial charge >= 0.3 is 0 Å². The first-order chi connectivity index (χ1) is 13.9. The van der Waals surface area contributed by atoms with E-state index in [2.05, 4.69) is 6.07 Å². The molecule has 2 aromatic carbocycles. The first-order valence-electron chi connectivity index (χ1n) is 9.59. The zero-order chi connectivity index (χ0) is 21.1. The van der Waals surface area contributed by atoms with Crippen molar-refractivity contribution in [3.05, 3.63) is 59.7 Å². The summed E-state index contributed by atoms with van der Waals surface area (Å²) in [5.41, 5.74) is 3.69. The number of amides is 2. The van der Waals surface area contributed by atoms with E-state index in [0.29, 0.717) is 12.1 Å². The number of likely N-dealkylation sites (N-methyl/N-ethyl adjacent to an activating group) is 1. The average molecular weight is 391 g/mol. The molecule has 6 nitrogen and oxygen atoms in total. The molecular weight excluding hydrogens is 366 g/mol. The van der Waals surface area contributed by atoms with Gasteiger partial charge in [0, 0.05) is 33.4 Å². The quantitative estimate of drug-likeness (QED) is 0.848. The highest BCUT2D eigenvalue weighted by Gasteiger charge is 2.50. The fraction of sp³-hybridized carbons (Fsp3) is 0.348. The third-order valence-corrected chi connectivity index (χ3v) is 5.74. The Hall–Kier alpha value is -3.17. The lowest BCUT2D eigenvalue weighted by Gasteiger charge is -2.55. The number of nitrogens with zero attached hydrogens (tertiary/aromatic N) is 3. The molecule has 3 atom stereocenters. The molecule has 29 heavy (non-hydrogen) atoms. The standard InChI is InChI=1S/C23H25N3O3/c1-15(28)25(3)13-21-23(22(14-27)26(21)16(2)29)20-10-8-19(9-11-20)18-6-4-17(12-24)5-7-18/h4-11,21-23,27H,13-14H2,1-3H3/t21-,22+,23+/m0/s1. The Morgan fingerprint density at radius 1 is 1.03 bits per heavy atom. The van der Waals surface area contributed by atoms with Crippen molar-refractivity contribution < 1.29 is 14.7 Å². The summed E-state index contributed by atoms with van der Waals surface area (Å²) in [6.45, 7) is 3.30. The maximum absolute atomic E-state index is 12.1. The van der Waals surface area contributed by atoms with E-state index in [4.69, 9.17) is 5.26 Å². The molecule has 2 amide bonds. The summed E-state index contributed by atoms with van der Waals surface area (Å²) in [5, 5.41) is 18.8. The highest BCUT2D eigenvalue weighted by Crippen LogP contribution is 2.41. The summed E-state index contributed by atoms with van der Waals surface area (Å²) < 4.78 is 0. The van der Waals surface area contributed by atoms with Crippen molar-refractivity contribution in [2.45, 2.75) is 31.8 Å². The summed E-state index contributed by atoms with van der Waals surface area (Å²) in [5.74, 6) is -0.201. The monoisotopic (exact) mass is 391 g/mol. The summed E-state index contributed by atoms with van der Waals surface area (Å²) in [4.78, 5) is 27.1. The van der Waals surface area contributed by atoms with Crippen LogP contribution in [0.4, 0.5) is 0 Å². The Bertz CT molecular complexity index is 931. The van der Waals surface area contributed by atoms with Crippen LogP contribution < -0.4 is 0 Å². The maximum atomic E-state index is 12.1. The fourth-order valence-electron chi connectivity index (χ4n) is 4.11. The number of rotatable bonds is 5. The van der Waals surface area contributed by atoms with Crippen LogP contribution in [-0.2, 0) is 9.59 Å². The van der Waals surface area contributed by atoms with Gasteiger partial charge in [-0.05, 0) is 28.8 Å². The van der Waals surface area contributed by atoms with E-state index in [-0.39, 0.29) is 36.4 Å². The Kier molecular flexibility index (Phi) is 6.00. The van der Waals surface area contributed by atoms with Crippen molar-refractivity contribution in [1.82, 2.24) is 9.80 Å². The van der Waals surface area contributed by atoms with Crippen molar-refractivity contribution in [3.8, 4) is 17.2 Å². The van der Waals surface area contributed by atoms with Gasteiger partial charge in [0.1, 0.15) is 0 Å². The molecule has 1 aliphatic heterocycles. The van der Waals surface area contributed by atoms with Crippen molar-refractivity contribution in [3.63, 3.8) is 0 Å². The molecule has 6 heteroatoms. The van der Waals surface area contributed by atoms with Gasteiger partial charge in [0.2, 0.25) is 11.8 Å². The molecule has 0 unspecified atom stereocenters. The van der Waals surface area contributed by atoms with Crippen LogP contribution in [0.25, 0.3) is 11.1 Å². The Morgan fingerprint density at radius 2 is 1.59 bits per heavy atom. The molecule has 1 aliphatic rings. The van der Waals surface area contributed by atoms with Gasteiger partial charge in [0.25, 0.3) is 0 Å². The van der Waals surface area contributed by atoms with Gasteiger partial charge in [-0.3, -0.25) is 9.59 Å². The lowest BCUT2D eigenvalue weighted by molar-refractivity contribution is -0.151. The normalized spacial score (nSPS) is 20.5. The van der Waals surface area contributed by atoms with E-state index in [1.165, 1.54) is 13.8 Å². The van der Waals surface area contributed by atoms with Gasteiger partial charge in [-0.25, -0.2) is 0 Å². The zero-order valence-electron chi connectivity index (χ0n) is 16.9. The summed E-state index contributed by atoms with van der Waals surface area (Å²) in [6, 6.07) is 17.1. The molecule has 0 radical (unpaired) electrons. The number of benzene rings is 2. The largest absolute Gasteiger partial charge is 0.394 e. The highest BCUT2D eigenvalue weighted by molar-refractivity contribution is 5.77. The van der Waals surface area contributed by atoms with E-state index in [9.17, 15) is 14.7 Å². The minimum Gasteiger partial charge on any atom is -0.394 e. The van der Waals surface area contributed by atoms with E-state index < -0.39 is 0 Å². The third-order valence-electron chi connectivity index (χ3n) is 5.74. The van der Waals surface area contributed by atoms with Gasteiger partial charge in [0.05, 0.1) is 30.3 Å². The highest BCUT2D eigenvalue weighted by atomic mass is 16.3. The van der Waals surface area contributed by atoms with Gasteiger partial charge in [0.15, 0.2) is 0 Å². The van der Waals surface area contributed by atoms with Crippen LogP contribution in [0.2, 0.25) is 0 Å². The zero-order valence-corrected chi connectivity index (χ0v) is 16.9. The average Bonchev–Trinajstić information content (AvgIpc) is 2.70. The Balaban J connectivity index is 1.86. The summed E-state index contributed by atoms with van der Waals surface area (Å²) in [6.07, 6.45) is 0. The maximum Gasteiger partial charge on any atom is 0.220 e. The number of carbonyl (C=O) groups excluding carboxylic acids is 2. The summed E-state index contributed by atoms with van der Waals surface area (Å²) >= 11 is 0. The van der Waals surface area contributed by atoms with Crippen molar-refractivity contribution in [2.24, 2.45) is 0 Å². The van der Waals surface area contributed by atoms with Crippen molar-refractivity contribution >= 4 is 11.8 Å². The molecule has 1 heterocycles. The molecule has 2 aromatic rings. The Labute approximate surface area is 171 Å². The molecule has 1 saturated heterocycles. The molecule has 0 saturated carbocycles. The molecule has 3 rings (SSSR count). The second-order valence-corrected chi connectivity index (χ2v) is 7.48. The summed E-state index contributed by atoms with van der Waals surface area (Å²) in [7, 11) is 1.72. The number of carbonyl (C=O) groups is 2.